The van der Waals surface area contributed by atoms with Crippen LogP contribution >= 0.6 is 0 Å². The summed E-state index contributed by atoms with van der Waals surface area (Å²) in [5.41, 5.74) is 5.87. The zero-order chi connectivity index (χ0) is 21.9. The van der Waals surface area contributed by atoms with E-state index < -0.39 is 5.41 Å². The molecule has 1 amide bonds. The highest BCUT2D eigenvalue weighted by atomic mass is 16.2. The maximum Gasteiger partial charge on any atom is 0.231 e. The Bertz CT molecular complexity index is 1030. The van der Waals surface area contributed by atoms with Gasteiger partial charge in [-0.1, -0.05) is 99.6 Å². The predicted octanol–water partition coefficient (Wildman–Crippen LogP) is 5.87. The lowest BCUT2D eigenvalue weighted by molar-refractivity contribution is -0.127. The van der Waals surface area contributed by atoms with Crippen molar-refractivity contribution in [2.45, 2.75) is 51.9 Å². The van der Waals surface area contributed by atoms with Crippen LogP contribution in [0, 0.1) is 5.41 Å². The number of benzene rings is 3. The molecule has 0 bridgehead atoms. The van der Waals surface area contributed by atoms with Gasteiger partial charge in [-0.25, -0.2) is 0 Å². The highest BCUT2D eigenvalue weighted by Gasteiger charge is 2.45. The van der Waals surface area contributed by atoms with Crippen molar-refractivity contribution in [1.29, 1.82) is 0 Å². The number of rotatable bonds is 6. The van der Waals surface area contributed by atoms with Gasteiger partial charge in [-0.2, -0.15) is 0 Å². The third-order valence-electron chi connectivity index (χ3n) is 6.32. The van der Waals surface area contributed by atoms with Crippen molar-refractivity contribution in [2.24, 2.45) is 5.41 Å². The molecule has 0 spiro atoms. The first-order valence-corrected chi connectivity index (χ1v) is 11.3. The molecular formula is C29H33NO. The van der Waals surface area contributed by atoms with Gasteiger partial charge in [0.05, 0.1) is 5.41 Å². The van der Waals surface area contributed by atoms with Gasteiger partial charge in [0.15, 0.2) is 0 Å². The maximum absolute atomic E-state index is 13.7. The van der Waals surface area contributed by atoms with Crippen LogP contribution in [0.3, 0.4) is 0 Å². The Morgan fingerprint density at radius 2 is 1.52 bits per heavy atom. The number of carbonyl (C=O) groups is 1. The predicted molar refractivity (Wildman–Crippen MR) is 128 cm³/mol. The molecule has 1 aliphatic carbocycles. The molecule has 0 fully saturated rings. The van der Waals surface area contributed by atoms with Gasteiger partial charge >= 0.3 is 0 Å². The fraction of sp³-hybridized carbons (Fsp3) is 0.345. The van der Waals surface area contributed by atoms with Crippen LogP contribution in [0.2, 0.25) is 0 Å². The second-order valence-corrected chi connectivity index (χ2v) is 10.1. The summed E-state index contributed by atoms with van der Waals surface area (Å²) in [6.07, 6.45) is 3.45. The van der Waals surface area contributed by atoms with E-state index in [4.69, 9.17) is 0 Å². The van der Waals surface area contributed by atoms with Crippen molar-refractivity contribution in [3.8, 4) is 0 Å². The summed E-state index contributed by atoms with van der Waals surface area (Å²) in [7, 11) is 0. The van der Waals surface area contributed by atoms with Crippen LogP contribution in [0.5, 0.6) is 0 Å². The second kappa shape index (κ2) is 8.70. The highest BCUT2D eigenvalue weighted by Crippen LogP contribution is 2.42. The average molecular weight is 412 g/mol. The monoisotopic (exact) mass is 411 g/mol. The third-order valence-corrected chi connectivity index (χ3v) is 6.32. The molecule has 2 nitrogen and oxygen atoms in total. The van der Waals surface area contributed by atoms with E-state index in [1.54, 1.807) is 0 Å². The first-order chi connectivity index (χ1) is 14.9. The molecule has 0 aromatic heterocycles. The fourth-order valence-corrected chi connectivity index (χ4v) is 4.67. The first kappa shape index (κ1) is 21.4. The Kier molecular flexibility index (Phi) is 6.00. The summed E-state index contributed by atoms with van der Waals surface area (Å²) in [6, 6.07) is 27.8. The molecule has 1 aliphatic rings. The molecule has 0 saturated heterocycles. The smallest absolute Gasteiger partial charge is 0.231 e. The molecule has 1 unspecified atom stereocenters. The summed E-state index contributed by atoms with van der Waals surface area (Å²) >= 11 is 0. The number of fused-ring (bicyclic) bond motifs is 1. The molecular weight excluding hydrogens is 378 g/mol. The summed E-state index contributed by atoms with van der Waals surface area (Å²) < 4.78 is 0. The number of nitrogens with one attached hydrogen (secondary N) is 1. The standard InChI is InChI=1S/C29H33NO/c1-28(2,3)21-30-27(31)29(20-23-12-8-5-9-13-23)17-16-25-15-14-24(19-26(25)29)18-22-10-6-4-7-11-22/h4-15,19H,16-18,20-21H2,1-3H3,(H,30,31). The van der Waals surface area contributed by atoms with Gasteiger partial charge in [0.1, 0.15) is 0 Å². The minimum Gasteiger partial charge on any atom is -0.355 e. The molecule has 0 radical (unpaired) electrons. The zero-order valence-corrected chi connectivity index (χ0v) is 18.9. The summed E-state index contributed by atoms with van der Waals surface area (Å²) in [5.74, 6) is 0.168. The van der Waals surface area contributed by atoms with E-state index in [1.807, 2.05) is 6.07 Å². The molecule has 0 aliphatic heterocycles. The number of hydrogen-bond acceptors (Lipinski definition) is 1. The molecule has 0 saturated carbocycles. The lowest BCUT2D eigenvalue weighted by Crippen LogP contribution is -2.47. The maximum atomic E-state index is 13.7. The van der Waals surface area contributed by atoms with Crippen LogP contribution in [0.15, 0.2) is 78.9 Å². The lowest BCUT2D eigenvalue weighted by Gasteiger charge is -2.31. The molecule has 4 rings (SSSR count). The SMILES string of the molecule is CC(C)(C)CNC(=O)C1(Cc2ccccc2)CCc2ccc(Cc3ccccc3)cc21. The number of aryl methyl sites for hydroxylation is 1. The molecule has 31 heavy (non-hydrogen) atoms. The Balaban J connectivity index is 1.70. The molecule has 160 valence electrons. The van der Waals surface area contributed by atoms with E-state index in [-0.39, 0.29) is 11.3 Å². The Morgan fingerprint density at radius 1 is 0.871 bits per heavy atom. The normalized spacial score (nSPS) is 17.9. The lowest BCUT2D eigenvalue weighted by atomic mass is 9.75. The second-order valence-electron chi connectivity index (χ2n) is 10.1. The minimum absolute atomic E-state index is 0.0557. The quantitative estimate of drug-likeness (QED) is 0.540. The fourth-order valence-electron chi connectivity index (χ4n) is 4.67. The molecule has 3 aromatic carbocycles. The van der Waals surface area contributed by atoms with E-state index in [0.29, 0.717) is 6.54 Å². The van der Waals surface area contributed by atoms with Gasteiger partial charge in [-0.05, 0) is 58.9 Å². The summed E-state index contributed by atoms with van der Waals surface area (Å²) in [5, 5.41) is 3.30. The van der Waals surface area contributed by atoms with Gasteiger partial charge in [-0.15, -0.1) is 0 Å². The number of amides is 1. The topological polar surface area (TPSA) is 29.1 Å². The van der Waals surface area contributed by atoms with E-state index in [1.165, 1.54) is 27.8 Å². The Hall–Kier alpha value is -2.87. The van der Waals surface area contributed by atoms with Crippen molar-refractivity contribution < 1.29 is 4.79 Å². The molecule has 3 aromatic rings. The summed E-state index contributed by atoms with van der Waals surface area (Å²) in [4.78, 5) is 13.7. The number of carbonyl (C=O) groups excluding carboxylic acids is 1. The van der Waals surface area contributed by atoms with Crippen molar-refractivity contribution >= 4 is 5.91 Å². The largest absolute Gasteiger partial charge is 0.355 e. The Morgan fingerprint density at radius 3 is 2.16 bits per heavy atom. The van der Waals surface area contributed by atoms with Crippen LogP contribution in [0.4, 0.5) is 0 Å². The Labute approximate surface area is 186 Å². The molecule has 1 N–H and O–H groups in total. The van der Waals surface area contributed by atoms with Gasteiger partial charge in [-0.3, -0.25) is 4.79 Å². The van der Waals surface area contributed by atoms with Crippen molar-refractivity contribution in [3.63, 3.8) is 0 Å². The molecule has 2 heteroatoms. The van der Waals surface area contributed by atoms with Crippen molar-refractivity contribution in [2.75, 3.05) is 6.54 Å². The van der Waals surface area contributed by atoms with Gasteiger partial charge in [0.2, 0.25) is 5.91 Å². The highest BCUT2D eigenvalue weighted by molar-refractivity contribution is 5.90. The first-order valence-electron chi connectivity index (χ1n) is 11.3. The van der Waals surface area contributed by atoms with E-state index >= 15 is 0 Å². The molecule has 1 atom stereocenters. The summed E-state index contributed by atoms with van der Waals surface area (Å²) in [6.45, 7) is 7.18. The van der Waals surface area contributed by atoms with Gasteiger partial charge in [0, 0.05) is 6.54 Å². The number of hydrogen-bond donors (Lipinski definition) is 1. The van der Waals surface area contributed by atoms with Crippen LogP contribution in [0.25, 0.3) is 0 Å². The zero-order valence-electron chi connectivity index (χ0n) is 18.9. The van der Waals surface area contributed by atoms with Gasteiger partial charge in [0.25, 0.3) is 0 Å². The third kappa shape index (κ3) is 4.90. The van der Waals surface area contributed by atoms with Crippen LogP contribution in [0.1, 0.15) is 55.0 Å². The molecule has 0 heterocycles. The average Bonchev–Trinajstić information content (AvgIpc) is 3.12. The van der Waals surface area contributed by atoms with Crippen molar-refractivity contribution in [3.05, 3.63) is 107 Å². The van der Waals surface area contributed by atoms with E-state index in [0.717, 1.165) is 25.7 Å². The van der Waals surface area contributed by atoms with Crippen LogP contribution in [-0.2, 0) is 29.5 Å². The van der Waals surface area contributed by atoms with Crippen LogP contribution < -0.4 is 5.32 Å². The van der Waals surface area contributed by atoms with E-state index in [9.17, 15) is 4.79 Å². The van der Waals surface area contributed by atoms with Gasteiger partial charge < -0.3 is 5.32 Å². The minimum atomic E-state index is -0.505. The van der Waals surface area contributed by atoms with Crippen molar-refractivity contribution in [1.82, 2.24) is 5.32 Å². The van der Waals surface area contributed by atoms with Crippen LogP contribution in [-0.4, -0.2) is 12.5 Å². The van der Waals surface area contributed by atoms with E-state index in [2.05, 4.69) is 98.9 Å².